The Labute approximate surface area is 156 Å². The van der Waals surface area contributed by atoms with Crippen LogP contribution in [0.15, 0.2) is 77.4 Å². The van der Waals surface area contributed by atoms with Crippen LogP contribution in [0.5, 0.6) is 5.75 Å². The molecule has 0 bridgehead atoms. The monoisotopic (exact) mass is 362 g/mol. The van der Waals surface area contributed by atoms with E-state index in [1.165, 1.54) is 18.3 Å². The SMILES string of the molecule is COc1ccccc1NC(=O)[C@@]1(c2ccco2)CC(=O)N1c1ccccc1. The van der Waals surface area contributed by atoms with E-state index >= 15 is 0 Å². The normalized spacial score (nSPS) is 18.7. The van der Waals surface area contributed by atoms with Crippen LogP contribution in [-0.2, 0) is 15.1 Å². The number of furan rings is 1. The topological polar surface area (TPSA) is 71.8 Å². The molecule has 0 aliphatic carbocycles. The molecular formula is C21H18N2O4. The summed E-state index contributed by atoms with van der Waals surface area (Å²) in [6.45, 7) is 0. The predicted molar refractivity (Wildman–Crippen MR) is 101 cm³/mol. The van der Waals surface area contributed by atoms with Crippen molar-refractivity contribution in [3.8, 4) is 5.75 Å². The summed E-state index contributed by atoms with van der Waals surface area (Å²) in [6.07, 6.45) is 1.52. The molecular weight excluding hydrogens is 344 g/mol. The van der Waals surface area contributed by atoms with Gasteiger partial charge < -0.3 is 14.5 Å². The largest absolute Gasteiger partial charge is 0.495 e. The Hall–Kier alpha value is -3.54. The summed E-state index contributed by atoms with van der Waals surface area (Å²) in [5.74, 6) is 0.453. The molecule has 6 heteroatoms. The molecule has 2 aromatic carbocycles. The first kappa shape index (κ1) is 16.9. The van der Waals surface area contributed by atoms with Crippen LogP contribution >= 0.6 is 0 Å². The van der Waals surface area contributed by atoms with Crippen molar-refractivity contribution in [3.63, 3.8) is 0 Å². The lowest BCUT2D eigenvalue weighted by atomic mass is 9.79. The van der Waals surface area contributed by atoms with Gasteiger partial charge in [-0.25, -0.2) is 0 Å². The number of ether oxygens (including phenoxy) is 1. The van der Waals surface area contributed by atoms with Gasteiger partial charge in [0.2, 0.25) is 5.91 Å². The fourth-order valence-corrected chi connectivity index (χ4v) is 3.42. The molecule has 0 radical (unpaired) electrons. The van der Waals surface area contributed by atoms with Crippen molar-refractivity contribution in [2.24, 2.45) is 0 Å². The lowest BCUT2D eigenvalue weighted by Gasteiger charge is -2.48. The molecule has 4 rings (SSSR count). The number of para-hydroxylation sites is 3. The van der Waals surface area contributed by atoms with Crippen molar-refractivity contribution in [3.05, 3.63) is 78.8 Å². The van der Waals surface area contributed by atoms with Crippen LogP contribution in [0.25, 0.3) is 0 Å². The molecule has 0 unspecified atom stereocenters. The molecule has 1 saturated heterocycles. The number of nitrogens with zero attached hydrogens (tertiary/aromatic N) is 1. The summed E-state index contributed by atoms with van der Waals surface area (Å²) in [6, 6.07) is 19.7. The third kappa shape index (κ3) is 2.66. The summed E-state index contributed by atoms with van der Waals surface area (Å²) >= 11 is 0. The van der Waals surface area contributed by atoms with E-state index in [1.807, 2.05) is 24.3 Å². The summed E-state index contributed by atoms with van der Waals surface area (Å²) < 4.78 is 10.9. The highest BCUT2D eigenvalue weighted by Gasteiger charge is 2.60. The summed E-state index contributed by atoms with van der Waals surface area (Å²) in [5, 5.41) is 2.89. The molecule has 2 heterocycles. The van der Waals surface area contributed by atoms with E-state index in [-0.39, 0.29) is 18.2 Å². The minimum atomic E-state index is -1.25. The average Bonchev–Trinajstić information content (AvgIpc) is 3.21. The van der Waals surface area contributed by atoms with E-state index in [2.05, 4.69) is 5.32 Å². The Morgan fingerprint density at radius 3 is 2.48 bits per heavy atom. The standard InChI is InChI=1S/C21H18N2O4/c1-26-17-11-6-5-10-16(17)22-20(25)21(18-12-7-13-27-18)14-19(24)23(21)15-8-3-2-4-9-15/h2-13H,14H2,1H3,(H,22,25)/t21-/m0/s1. The summed E-state index contributed by atoms with van der Waals surface area (Å²) in [7, 11) is 1.54. The first-order valence-corrected chi connectivity index (χ1v) is 8.53. The van der Waals surface area contributed by atoms with Crippen LogP contribution in [0.1, 0.15) is 12.2 Å². The van der Waals surface area contributed by atoms with Crippen LogP contribution in [0.2, 0.25) is 0 Å². The van der Waals surface area contributed by atoms with Gasteiger partial charge in [0.25, 0.3) is 5.91 Å². The minimum Gasteiger partial charge on any atom is -0.495 e. The van der Waals surface area contributed by atoms with Gasteiger partial charge in [-0.2, -0.15) is 0 Å². The Bertz CT molecular complexity index is 969. The number of hydrogen-bond acceptors (Lipinski definition) is 4. The quantitative estimate of drug-likeness (QED) is 0.705. The van der Waals surface area contributed by atoms with Gasteiger partial charge in [0.05, 0.1) is 25.5 Å². The van der Waals surface area contributed by atoms with E-state index in [4.69, 9.17) is 9.15 Å². The molecule has 27 heavy (non-hydrogen) atoms. The number of β-lactam (4-membered cyclic amide) rings is 1. The Kier molecular flexibility index (Phi) is 4.16. The van der Waals surface area contributed by atoms with Gasteiger partial charge in [-0.05, 0) is 36.4 Å². The highest BCUT2D eigenvalue weighted by atomic mass is 16.5. The van der Waals surface area contributed by atoms with E-state index < -0.39 is 5.54 Å². The number of rotatable bonds is 5. The van der Waals surface area contributed by atoms with Crippen molar-refractivity contribution in [1.29, 1.82) is 0 Å². The third-order valence-corrected chi connectivity index (χ3v) is 4.71. The molecule has 2 amide bonds. The highest BCUT2D eigenvalue weighted by molar-refractivity contribution is 6.16. The van der Waals surface area contributed by atoms with Gasteiger partial charge in [-0.15, -0.1) is 0 Å². The molecule has 6 nitrogen and oxygen atoms in total. The van der Waals surface area contributed by atoms with E-state index in [1.54, 1.807) is 42.5 Å². The number of carbonyl (C=O) groups is 2. The molecule has 1 N–H and O–H groups in total. The van der Waals surface area contributed by atoms with Crippen LogP contribution in [0.4, 0.5) is 11.4 Å². The number of carbonyl (C=O) groups excluding carboxylic acids is 2. The number of amides is 2. The van der Waals surface area contributed by atoms with Crippen LogP contribution in [0, 0.1) is 0 Å². The fraction of sp³-hybridized carbons (Fsp3) is 0.143. The maximum absolute atomic E-state index is 13.4. The van der Waals surface area contributed by atoms with Crippen molar-refractivity contribution < 1.29 is 18.7 Å². The molecule has 1 aromatic heterocycles. The minimum absolute atomic E-state index is 0.0242. The molecule has 1 aliphatic heterocycles. The van der Waals surface area contributed by atoms with E-state index in [0.29, 0.717) is 22.9 Å². The number of hydrogen-bond donors (Lipinski definition) is 1. The van der Waals surface area contributed by atoms with Gasteiger partial charge in [-0.1, -0.05) is 30.3 Å². The molecule has 1 atom stereocenters. The Morgan fingerprint density at radius 1 is 1.07 bits per heavy atom. The first-order valence-electron chi connectivity index (χ1n) is 8.53. The van der Waals surface area contributed by atoms with E-state index in [9.17, 15) is 9.59 Å². The summed E-state index contributed by atoms with van der Waals surface area (Å²) in [4.78, 5) is 27.4. The highest BCUT2D eigenvalue weighted by Crippen LogP contribution is 2.46. The zero-order valence-corrected chi connectivity index (χ0v) is 14.7. The maximum atomic E-state index is 13.4. The number of anilines is 2. The number of methoxy groups -OCH3 is 1. The smallest absolute Gasteiger partial charge is 0.259 e. The second-order valence-corrected chi connectivity index (χ2v) is 6.23. The van der Waals surface area contributed by atoms with Crippen molar-refractivity contribution in [2.45, 2.75) is 12.0 Å². The first-order chi connectivity index (χ1) is 13.2. The lowest BCUT2D eigenvalue weighted by Crippen LogP contribution is -2.67. The number of nitrogens with one attached hydrogen (secondary N) is 1. The zero-order chi connectivity index (χ0) is 18.9. The molecule has 3 aromatic rings. The molecule has 136 valence electrons. The molecule has 0 spiro atoms. The average molecular weight is 362 g/mol. The second-order valence-electron chi connectivity index (χ2n) is 6.23. The molecule has 1 aliphatic rings. The molecule has 0 saturated carbocycles. The van der Waals surface area contributed by atoms with Gasteiger partial charge in [0.1, 0.15) is 11.5 Å². The van der Waals surface area contributed by atoms with Crippen molar-refractivity contribution in [2.75, 3.05) is 17.3 Å². The van der Waals surface area contributed by atoms with Gasteiger partial charge in [0, 0.05) is 5.69 Å². The number of benzene rings is 2. The lowest BCUT2D eigenvalue weighted by molar-refractivity contribution is -0.138. The van der Waals surface area contributed by atoms with Gasteiger partial charge in [0.15, 0.2) is 5.54 Å². The third-order valence-electron chi connectivity index (χ3n) is 4.71. The van der Waals surface area contributed by atoms with Gasteiger partial charge >= 0.3 is 0 Å². The van der Waals surface area contributed by atoms with Crippen molar-refractivity contribution >= 4 is 23.2 Å². The van der Waals surface area contributed by atoms with E-state index in [0.717, 1.165) is 0 Å². The van der Waals surface area contributed by atoms with Crippen LogP contribution in [-0.4, -0.2) is 18.9 Å². The Morgan fingerprint density at radius 2 is 1.81 bits per heavy atom. The second kappa shape index (κ2) is 6.64. The van der Waals surface area contributed by atoms with Crippen LogP contribution in [0.3, 0.4) is 0 Å². The molecule has 1 fully saturated rings. The van der Waals surface area contributed by atoms with Gasteiger partial charge in [-0.3, -0.25) is 14.5 Å². The summed E-state index contributed by atoms with van der Waals surface area (Å²) in [5.41, 5.74) is -0.0772. The predicted octanol–water partition coefficient (Wildman–Crippen LogP) is 3.56. The maximum Gasteiger partial charge on any atom is 0.259 e. The van der Waals surface area contributed by atoms with Crippen LogP contribution < -0.4 is 15.0 Å². The Balaban J connectivity index is 1.76. The zero-order valence-electron chi connectivity index (χ0n) is 14.7. The fourth-order valence-electron chi connectivity index (χ4n) is 3.42. The van der Waals surface area contributed by atoms with Crippen molar-refractivity contribution in [1.82, 2.24) is 0 Å².